The first kappa shape index (κ1) is 19.7. The third-order valence-electron chi connectivity index (χ3n) is 4.57. The number of nitrogens with one attached hydrogen (secondary N) is 2. The van der Waals surface area contributed by atoms with Crippen LogP contribution < -0.4 is 27.0 Å². The molecule has 0 radical (unpaired) electrons. The summed E-state index contributed by atoms with van der Waals surface area (Å²) in [6.45, 7) is 0.973. The highest BCUT2D eigenvalue weighted by Crippen LogP contribution is 2.34. The number of hydrogen-bond donors (Lipinski definition) is 4. The van der Waals surface area contributed by atoms with E-state index in [9.17, 15) is 13.6 Å². The lowest BCUT2D eigenvalue weighted by Gasteiger charge is -2.16. The average Bonchev–Trinajstić information content (AvgIpc) is 3.02. The number of benzene rings is 1. The van der Waals surface area contributed by atoms with Crippen LogP contribution in [0.5, 0.6) is 0 Å². The Labute approximate surface area is 161 Å². The number of rotatable bonds is 8. The Bertz CT molecular complexity index is 862. The minimum atomic E-state index is -2.48. The number of alkyl halides is 2. The molecule has 1 aromatic heterocycles. The van der Waals surface area contributed by atoms with Crippen LogP contribution in [-0.2, 0) is 6.42 Å². The number of hydrogen-bond acceptors (Lipinski definition) is 7. The van der Waals surface area contributed by atoms with Gasteiger partial charge < -0.3 is 27.0 Å². The molecule has 0 spiro atoms. The smallest absolute Gasteiger partial charge is 0.254 e. The van der Waals surface area contributed by atoms with Gasteiger partial charge in [-0.1, -0.05) is 6.07 Å². The van der Waals surface area contributed by atoms with Crippen LogP contribution in [0.3, 0.4) is 0 Å². The number of amides is 1. The van der Waals surface area contributed by atoms with Crippen molar-refractivity contribution in [1.29, 1.82) is 0 Å². The zero-order chi connectivity index (χ0) is 20.3. The van der Waals surface area contributed by atoms with E-state index in [-0.39, 0.29) is 23.9 Å². The van der Waals surface area contributed by atoms with Gasteiger partial charge in [0.05, 0.1) is 0 Å². The van der Waals surface area contributed by atoms with E-state index in [1.54, 1.807) is 0 Å². The Balaban J connectivity index is 1.82. The normalized spacial score (nSPS) is 14.1. The number of fused-ring (bicyclic) bond motifs is 1. The van der Waals surface area contributed by atoms with Crippen molar-refractivity contribution >= 4 is 29.0 Å². The predicted molar refractivity (Wildman–Crippen MR) is 104 cm³/mol. The fourth-order valence-corrected chi connectivity index (χ4v) is 3.12. The summed E-state index contributed by atoms with van der Waals surface area (Å²) in [5.41, 5.74) is 14.3. The van der Waals surface area contributed by atoms with Crippen molar-refractivity contribution in [3.05, 3.63) is 35.5 Å². The summed E-state index contributed by atoms with van der Waals surface area (Å²) in [5.74, 6) is -0.259. The van der Waals surface area contributed by atoms with E-state index in [0.29, 0.717) is 0 Å². The summed E-state index contributed by atoms with van der Waals surface area (Å²) >= 11 is 0. The monoisotopic (exact) mass is 391 g/mol. The summed E-state index contributed by atoms with van der Waals surface area (Å²) in [6, 6.07) is 5.09. The Morgan fingerprint density at radius 3 is 2.89 bits per heavy atom. The van der Waals surface area contributed by atoms with Gasteiger partial charge in [-0.3, -0.25) is 4.79 Å². The van der Waals surface area contributed by atoms with Crippen molar-refractivity contribution in [3.8, 4) is 0 Å². The molecule has 0 bridgehead atoms. The zero-order valence-electron chi connectivity index (χ0n) is 15.5. The van der Waals surface area contributed by atoms with E-state index in [2.05, 4.69) is 25.5 Å². The van der Waals surface area contributed by atoms with Crippen LogP contribution in [0.15, 0.2) is 24.4 Å². The zero-order valence-corrected chi connectivity index (χ0v) is 15.5. The summed E-state index contributed by atoms with van der Waals surface area (Å²) < 4.78 is 24.8. The Morgan fingerprint density at radius 1 is 1.39 bits per heavy atom. The van der Waals surface area contributed by atoms with Crippen molar-refractivity contribution in [1.82, 2.24) is 9.97 Å². The van der Waals surface area contributed by atoms with Crippen LogP contribution in [0, 0.1) is 0 Å². The lowest BCUT2D eigenvalue weighted by molar-refractivity contribution is 0.100. The van der Waals surface area contributed by atoms with Crippen LogP contribution in [-0.4, -0.2) is 48.5 Å². The minimum Gasteiger partial charge on any atom is -0.374 e. The molecule has 10 heteroatoms. The number of aromatic nitrogens is 2. The van der Waals surface area contributed by atoms with E-state index in [4.69, 9.17) is 11.5 Å². The van der Waals surface area contributed by atoms with E-state index in [0.717, 1.165) is 29.9 Å². The standard InChI is InChI=1S/C18H23F2N7O/c1-27-6-5-11-13(3-2-4-14(11)27)25-17-12(16(22)28)9-24-18(26-17)23-8-10(21)7-15(19)20/h2-4,9-10,15H,5-8,21H2,1H3,(H2,22,28)(H2,23,24,25,26)/t10-/m0/s1. The van der Waals surface area contributed by atoms with Crippen LogP contribution in [0.4, 0.5) is 31.9 Å². The average molecular weight is 391 g/mol. The number of carbonyl (C=O) groups excluding carboxylic acids is 1. The van der Waals surface area contributed by atoms with Gasteiger partial charge in [-0.2, -0.15) is 4.98 Å². The van der Waals surface area contributed by atoms with E-state index >= 15 is 0 Å². The number of nitrogens with zero attached hydrogens (tertiary/aromatic N) is 3. The first-order valence-corrected chi connectivity index (χ1v) is 8.89. The highest BCUT2D eigenvalue weighted by Gasteiger charge is 2.20. The minimum absolute atomic E-state index is 0.0746. The maximum absolute atomic E-state index is 12.4. The number of primary amides is 1. The van der Waals surface area contributed by atoms with Gasteiger partial charge in [-0.05, 0) is 18.6 Å². The highest BCUT2D eigenvalue weighted by molar-refractivity contribution is 5.98. The molecule has 1 aliphatic rings. The van der Waals surface area contributed by atoms with Crippen LogP contribution >= 0.6 is 0 Å². The first-order chi connectivity index (χ1) is 13.3. The van der Waals surface area contributed by atoms with Gasteiger partial charge in [0.25, 0.3) is 5.91 Å². The fourth-order valence-electron chi connectivity index (χ4n) is 3.12. The molecular weight excluding hydrogens is 368 g/mol. The molecule has 1 amide bonds. The molecule has 6 N–H and O–H groups in total. The van der Waals surface area contributed by atoms with Gasteiger partial charge in [0.15, 0.2) is 0 Å². The lowest BCUT2D eigenvalue weighted by Crippen LogP contribution is -2.31. The third-order valence-corrected chi connectivity index (χ3v) is 4.57. The van der Waals surface area contributed by atoms with Crippen LogP contribution in [0.2, 0.25) is 0 Å². The van der Waals surface area contributed by atoms with Gasteiger partial charge >= 0.3 is 0 Å². The largest absolute Gasteiger partial charge is 0.374 e. The molecule has 28 heavy (non-hydrogen) atoms. The third kappa shape index (κ3) is 4.45. The van der Waals surface area contributed by atoms with Crippen molar-refractivity contribution in [3.63, 3.8) is 0 Å². The molecular formula is C18H23F2N7O. The molecule has 1 aliphatic heterocycles. The molecule has 2 aromatic rings. The second-order valence-corrected chi connectivity index (χ2v) is 6.69. The predicted octanol–water partition coefficient (Wildman–Crippen LogP) is 1.71. The van der Waals surface area contributed by atoms with E-state index in [1.807, 2.05) is 25.2 Å². The Hall–Kier alpha value is -3.01. The maximum Gasteiger partial charge on any atom is 0.254 e. The van der Waals surface area contributed by atoms with Crippen LogP contribution in [0.1, 0.15) is 22.3 Å². The molecule has 0 saturated heterocycles. The number of carbonyl (C=O) groups is 1. The fraction of sp³-hybridized carbons (Fsp3) is 0.389. The second-order valence-electron chi connectivity index (χ2n) is 6.69. The van der Waals surface area contributed by atoms with E-state index < -0.39 is 24.8 Å². The van der Waals surface area contributed by atoms with Crippen molar-refractivity contribution in [2.75, 3.05) is 35.7 Å². The molecule has 0 aliphatic carbocycles. The summed E-state index contributed by atoms with van der Waals surface area (Å²) in [6.07, 6.45) is -0.750. The molecule has 2 heterocycles. The summed E-state index contributed by atoms with van der Waals surface area (Å²) in [5, 5.41) is 5.99. The molecule has 0 fully saturated rings. The SMILES string of the molecule is CN1CCc2c(Nc3nc(NC[C@@H](N)CC(F)F)ncc3C(N)=O)cccc21. The maximum atomic E-state index is 12.4. The van der Waals surface area contributed by atoms with E-state index in [1.165, 1.54) is 6.20 Å². The van der Waals surface area contributed by atoms with Crippen molar-refractivity contribution < 1.29 is 13.6 Å². The molecule has 0 saturated carbocycles. The second kappa shape index (κ2) is 8.34. The first-order valence-electron chi connectivity index (χ1n) is 8.89. The highest BCUT2D eigenvalue weighted by atomic mass is 19.3. The van der Waals surface area contributed by atoms with Crippen molar-refractivity contribution in [2.24, 2.45) is 11.5 Å². The number of anilines is 4. The van der Waals surface area contributed by atoms with Gasteiger partial charge in [0.2, 0.25) is 12.4 Å². The molecule has 3 rings (SSSR count). The van der Waals surface area contributed by atoms with Crippen molar-refractivity contribution in [2.45, 2.75) is 25.3 Å². The van der Waals surface area contributed by atoms with Gasteiger partial charge in [-0.25, -0.2) is 13.8 Å². The molecule has 0 unspecified atom stereocenters. The molecule has 1 atom stereocenters. The lowest BCUT2D eigenvalue weighted by atomic mass is 10.1. The number of nitrogens with two attached hydrogens (primary N) is 2. The molecule has 1 aromatic carbocycles. The topological polar surface area (TPSA) is 122 Å². The number of halogens is 2. The quantitative estimate of drug-likeness (QED) is 0.540. The molecule has 150 valence electrons. The summed E-state index contributed by atoms with van der Waals surface area (Å²) in [4.78, 5) is 22.2. The van der Waals surface area contributed by atoms with Gasteiger partial charge in [-0.15, -0.1) is 0 Å². The number of likely N-dealkylation sites (N-methyl/N-ethyl adjacent to an activating group) is 1. The van der Waals surface area contributed by atoms with Crippen LogP contribution in [0.25, 0.3) is 0 Å². The Morgan fingerprint density at radius 2 is 2.18 bits per heavy atom. The van der Waals surface area contributed by atoms with Gasteiger partial charge in [0, 0.05) is 55.7 Å². The Kier molecular flexibility index (Phi) is 5.88. The van der Waals surface area contributed by atoms with Gasteiger partial charge in [0.1, 0.15) is 11.4 Å². The summed E-state index contributed by atoms with van der Waals surface area (Å²) in [7, 11) is 2.01. The molecule has 8 nitrogen and oxygen atoms in total.